The molecule has 0 heterocycles. The van der Waals surface area contributed by atoms with Crippen molar-refractivity contribution in [3.05, 3.63) is 82.9 Å². The molecule has 0 radical (unpaired) electrons. The summed E-state index contributed by atoms with van der Waals surface area (Å²) in [7, 11) is 1.51. The number of anilines is 2. The predicted octanol–water partition coefficient (Wildman–Crippen LogP) is 4.93. The van der Waals surface area contributed by atoms with Crippen molar-refractivity contribution in [3.63, 3.8) is 0 Å². The molecule has 0 unspecified atom stereocenters. The number of nitrogens with one attached hydrogen (secondary N) is 2. The zero-order chi connectivity index (χ0) is 21.5. The van der Waals surface area contributed by atoms with Crippen molar-refractivity contribution in [2.75, 3.05) is 24.4 Å². The van der Waals surface area contributed by atoms with Crippen molar-refractivity contribution in [2.24, 2.45) is 0 Å². The van der Waals surface area contributed by atoms with Crippen molar-refractivity contribution in [1.82, 2.24) is 0 Å². The second-order valence-corrected chi connectivity index (χ2v) is 6.89. The van der Waals surface area contributed by atoms with Crippen LogP contribution in [0, 0.1) is 6.92 Å². The van der Waals surface area contributed by atoms with Crippen molar-refractivity contribution in [1.29, 1.82) is 0 Å². The van der Waals surface area contributed by atoms with E-state index in [2.05, 4.69) is 10.6 Å². The fraction of sp³-hybridized carbons (Fsp3) is 0.130. The molecule has 3 aromatic carbocycles. The molecule has 6 nitrogen and oxygen atoms in total. The first-order chi connectivity index (χ1) is 14.5. The van der Waals surface area contributed by atoms with E-state index in [1.54, 1.807) is 60.7 Å². The molecule has 2 N–H and O–H groups in total. The molecule has 0 saturated carbocycles. The Morgan fingerprint density at radius 1 is 0.967 bits per heavy atom. The minimum atomic E-state index is -0.337. The number of halogens is 1. The number of rotatable bonds is 7. The van der Waals surface area contributed by atoms with Crippen LogP contribution >= 0.6 is 11.6 Å². The van der Waals surface area contributed by atoms with Gasteiger partial charge in [0.15, 0.2) is 6.61 Å². The lowest BCUT2D eigenvalue weighted by Gasteiger charge is -2.13. The van der Waals surface area contributed by atoms with Gasteiger partial charge in [-0.3, -0.25) is 9.59 Å². The van der Waals surface area contributed by atoms with Crippen LogP contribution in [0.4, 0.5) is 11.4 Å². The standard InChI is InChI=1S/C23H21ClN2O4/c1-15-12-20(21(29-2)13-19(15)24)26-22(27)14-30-18-10-8-17(9-11-18)25-23(28)16-6-4-3-5-7-16/h3-13H,14H2,1-2H3,(H,25,28)(H,26,27). The molecule has 0 fully saturated rings. The summed E-state index contributed by atoms with van der Waals surface area (Å²) in [5.74, 6) is 0.437. The number of hydrogen-bond donors (Lipinski definition) is 2. The number of amides is 2. The molecule has 7 heteroatoms. The molecule has 3 aromatic rings. The normalized spacial score (nSPS) is 10.2. The fourth-order valence-electron chi connectivity index (χ4n) is 2.69. The van der Waals surface area contributed by atoms with Crippen LogP contribution in [-0.2, 0) is 4.79 Å². The highest BCUT2D eigenvalue weighted by Gasteiger charge is 2.11. The lowest BCUT2D eigenvalue weighted by atomic mass is 10.2. The number of carbonyl (C=O) groups excluding carboxylic acids is 2. The zero-order valence-corrected chi connectivity index (χ0v) is 17.3. The topological polar surface area (TPSA) is 76.7 Å². The van der Waals surface area contributed by atoms with Crippen molar-refractivity contribution in [2.45, 2.75) is 6.92 Å². The van der Waals surface area contributed by atoms with Crippen LogP contribution in [0.5, 0.6) is 11.5 Å². The van der Waals surface area contributed by atoms with Gasteiger partial charge in [0.1, 0.15) is 11.5 Å². The highest BCUT2D eigenvalue weighted by Crippen LogP contribution is 2.30. The van der Waals surface area contributed by atoms with E-state index in [1.807, 2.05) is 13.0 Å². The second-order valence-electron chi connectivity index (χ2n) is 6.48. The monoisotopic (exact) mass is 424 g/mol. The molecule has 0 aromatic heterocycles. The Kier molecular flexibility index (Phi) is 6.93. The molecular formula is C23H21ClN2O4. The van der Waals surface area contributed by atoms with Crippen LogP contribution in [0.2, 0.25) is 5.02 Å². The van der Waals surface area contributed by atoms with Crippen LogP contribution in [0.1, 0.15) is 15.9 Å². The Balaban J connectivity index is 1.54. The summed E-state index contributed by atoms with van der Waals surface area (Å²) in [6.07, 6.45) is 0. The van der Waals surface area contributed by atoms with Gasteiger partial charge in [-0.25, -0.2) is 0 Å². The average molecular weight is 425 g/mol. The first-order valence-corrected chi connectivity index (χ1v) is 9.57. The average Bonchev–Trinajstić information content (AvgIpc) is 2.76. The summed E-state index contributed by atoms with van der Waals surface area (Å²) in [5, 5.41) is 6.11. The van der Waals surface area contributed by atoms with Crippen LogP contribution in [0.25, 0.3) is 0 Å². The van der Waals surface area contributed by atoms with Crippen molar-refractivity contribution < 1.29 is 19.1 Å². The largest absolute Gasteiger partial charge is 0.495 e. The number of hydrogen-bond acceptors (Lipinski definition) is 4. The van der Waals surface area contributed by atoms with Gasteiger partial charge in [0.05, 0.1) is 12.8 Å². The van der Waals surface area contributed by atoms with Gasteiger partial charge in [0, 0.05) is 22.3 Å². The molecule has 0 bridgehead atoms. The Labute approximate surface area is 179 Å². The Morgan fingerprint density at radius 3 is 2.33 bits per heavy atom. The summed E-state index contributed by atoms with van der Waals surface area (Å²) >= 11 is 6.08. The van der Waals surface area contributed by atoms with E-state index in [0.717, 1.165) is 5.56 Å². The minimum absolute atomic E-state index is 0.180. The lowest BCUT2D eigenvalue weighted by molar-refractivity contribution is -0.118. The summed E-state index contributed by atoms with van der Waals surface area (Å²) in [6, 6.07) is 19.1. The molecule has 3 rings (SSSR count). The summed E-state index contributed by atoms with van der Waals surface area (Å²) in [6.45, 7) is 1.66. The molecular weight excluding hydrogens is 404 g/mol. The van der Waals surface area contributed by atoms with Gasteiger partial charge in [-0.2, -0.15) is 0 Å². The smallest absolute Gasteiger partial charge is 0.262 e. The second kappa shape index (κ2) is 9.80. The molecule has 0 atom stereocenters. The highest BCUT2D eigenvalue weighted by molar-refractivity contribution is 6.31. The molecule has 0 aliphatic rings. The van der Waals surface area contributed by atoms with E-state index >= 15 is 0 Å². The van der Waals surface area contributed by atoms with Gasteiger partial charge in [0.25, 0.3) is 11.8 Å². The molecule has 0 saturated heterocycles. The van der Waals surface area contributed by atoms with Crippen molar-refractivity contribution in [3.8, 4) is 11.5 Å². The molecule has 154 valence electrons. The van der Waals surface area contributed by atoms with Gasteiger partial charge in [-0.05, 0) is 55.0 Å². The maximum absolute atomic E-state index is 12.2. The van der Waals surface area contributed by atoms with E-state index in [-0.39, 0.29) is 18.4 Å². The summed E-state index contributed by atoms with van der Waals surface area (Å²) in [4.78, 5) is 24.4. The van der Waals surface area contributed by atoms with Gasteiger partial charge < -0.3 is 20.1 Å². The molecule has 0 spiro atoms. The predicted molar refractivity (Wildman–Crippen MR) is 118 cm³/mol. The first kappa shape index (κ1) is 21.2. The minimum Gasteiger partial charge on any atom is -0.495 e. The summed E-state index contributed by atoms with van der Waals surface area (Å²) < 4.78 is 10.8. The number of aryl methyl sites for hydroxylation is 1. The van der Waals surface area contributed by atoms with Crippen molar-refractivity contribution >= 4 is 34.8 Å². The molecule has 0 aliphatic carbocycles. The summed E-state index contributed by atoms with van der Waals surface area (Å²) in [5.41, 5.74) is 2.54. The zero-order valence-electron chi connectivity index (χ0n) is 16.6. The maximum Gasteiger partial charge on any atom is 0.262 e. The number of methoxy groups -OCH3 is 1. The van der Waals surface area contributed by atoms with E-state index in [9.17, 15) is 9.59 Å². The number of ether oxygens (including phenoxy) is 2. The highest BCUT2D eigenvalue weighted by atomic mass is 35.5. The van der Waals surface area contributed by atoms with E-state index < -0.39 is 0 Å². The van der Waals surface area contributed by atoms with E-state index in [1.165, 1.54) is 7.11 Å². The molecule has 0 aliphatic heterocycles. The number of carbonyl (C=O) groups is 2. The Morgan fingerprint density at radius 2 is 1.67 bits per heavy atom. The maximum atomic E-state index is 12.2. The molecule has 2 amide bonds. The third kappa shape index (κ3) is 5.52. The van der Waals surface area contributed by atoms with Gasteiger partial charge in [-0.15, -0.1) is 0 Å². The third-order valence-corrected chi connectivity index (χ3v) is 4.68. The fourth-order valence-corrected chi connectivity index (χ4v) is 2.85. The number of benzene rings is 3. The first-order valence-electron chi connectivity index (χ1n) is 9.19. The van der Waals surface area contributed by atoms with Crippen LogP contribution in [0.15, 0.2) is 66.7 Å². The van der Waals surface area contributed by atoms with Gasteiger partial charge >= 0.3 is 0 Å². The Bertz CT molecular complexity index is 1040. The lowest BCUT2D eigenvalue weighted by Crippen LogP contribution is -2.20. The van der Waals surface area contributed by atoms with Gasteiger partial charge in [0.2, 0.25) is 0 Å². The van der Waals surface area contributed by atoms with Gasteiger partial charge in [-0.1, -0.05) is 29.8 Å². The van der Waals surface area contributed by atoms with E-state index in [4.69, 9.17) is 21.1 Å². The van der Waals surface area contributed by atoms with Crippen LogP contribution < -0.4 is 20.1 Å². The van der Waals surface area contributed by atoms with Crippen LogP contribution in [0.3, 0.4) is 0 Å². The van der Waals surface area contributed by atoms with Crippen LogP contribution in [-0.4, -0.2) is 25.5 Å². The van der Waals surface area contributed by atoms with E-state index in [0.29, 0.717) is 33.5 Å². The molecule has 30 heavy (non-hydrogen) atoms. The third-order valence-electron chi connectivity index (χ3n) is 4.27. The quantitative estimate of drug-likeness (QED) is 0.564. The Hall–Kier alpha value is -3.51. The SMILES string of the molecule is COc1cc(Cl)c(C)cc1NC(=O)COc1ccc(NC(=O)c2ccccc2)cc1.